The maximum Gasteiger partial charge on any atom is 0.335 e. The van der Waals surface area contributed by atoms with Crippen LogP contribution in [0, 0.1) is 0 Å². The average Bonchev–Trinajstić information content (AvgIpc) is 2.66. The summed E-state index contributed by atoms with van der Waals surface area (Å²) < 4.78 is 5.04. The van der Waals surface area contributed by atoms with Crippen LogP contribution in [0.3, 0.4) is 0 Å². The van der Waals surface area contributed by atoms with E-state index in [2.05, 4.69) is 5.32 Å². The van der Waals surface area contributed by atoms with Crippen LogP contribution in [-0.4, -0.2) is 30.1 Å². The molecule has 1 heterocycles. The van der Waals surface area contributed by atoms with Gasteiger partial charge in [-0.25, -0.2) is 9.69 Å². The standard InChI is InChI=1S/C21H20N2O5/c1-12(2)14-5-7-15(8-6-14)23-20(26)16(19(25)22-21(23)27)10-13-4-9-17(24)18(11-13)28-3/h4-12,24H,1-3H3,(H,22,25,27)/b16-10-. The van der Waals surface area contributed by atoms with Crippen molar-refractivity contribution in [1.82, 2.24) is 5.32 Å². The monoisotopic (exact) mass is 380 g/mol. The highest BCUT2D eigenvalue weighted by Gasteiger charge is 2.36. The van der Waals surface area contributed by atoms with E-state index < -0.39 is 17.8 Å². The van der Waals surface area contributed by atoms with Crippen LogP contribution >= 0.6 is 0 Å². The van der Waals surface area contributed by atoms with E-state index in [1.165, 1.54) is 31.4 Å². The van der Waals surface area contributed by atoms with E-state index in [9.17, 15) is 19.5 Å². The number of rotatable bonds is 4. The molecule has 7 heteroatoms. The molecule has 1 aliphatic heterocycles. The highest BCUT2D eigenvalue weighted by atomic mass is 16.5. The molecule has 4 amide bonds. The summed E-state index contributed by atoms with van der Waals surface area (Å²) in [7, 11) is 1.39. The number of benzene rings is 2. The number of urea groups is 1. The molecule has 7 nitrogen and oxygen atoms in total. The first-order chi connectivity index (χ1) is 13.3. The van der Waals surface area contributed by atoms with Crippen molar-refractivity contribution in [2.24, 2.45) is 0 Å². The molecule has 1 saturated heterocycles. The fourth-order valence-corrected chi connectivity index (χ4v) is 2.85. The van der Waals surface area contributed by atoms with Gasteiger partial charge in [-0.15, -0.1) is 0 Å². The van der Waals surface area contributed by atoms with Gasteiger partial charge >= 0.3 is 6.03 Å². The Hall–Kier alpha value is -3.61. The summed E-state index contributed by atoms with van der Waals surface area (Å²) in [4.78, 5) is 38.3. The van der Waals surface area contributed by atoms with Gasteiger partial charge in [-0.3, -0.25) is 14.9 Å². The van der Waals surface area contributed by atoms with Crippen LogP contribution < -0.4 is 15.0 Å². The lowest BCUT2D eigenvalue weighted by atomic mass is 10.0. The van der Waals surface area contributed by atoms with Crippen LogP contribution in [0.2, 0.25) is 0 Å². The van der Waals surface area contributed by atoms with Gasteiger partial charge in [0.15, 0.2) is 11.5 Å². The van der Waals surface area contributed by atoms with Gasteiger partial charge in [-0.1, -0.05) is 32.0 Å². The second-order valence-electron chi connectivity index (χ2n) is 6.64. The second kappa shape index (κ2) is 7.56. The number of ether oxygens (including phenoxy) is 1. The van der Waals surface area contributed by atoms with E-state index >= 15 is 0 Å². The molecule has 0 spiro atoms. The molecule has 0 saturated carbocycles. The van der Waals surface area contributed by atoms with Gasteiger partial charge in [0, 0.05) is 0 Å². The number of nitrogens with zero attached hydrogens (tertiary/aromatic N) is 1. The number of barbiturate groups is 1. The molecule has 144 valence electrons. The van der Waals surface area contributed by atoms with Crippen LogP contribution in [0.15, 0.2) is 48.0 Å². The van der Waals surface area contributed by atoms with Crippen LogP contribution in [-0.2, 0) is 9.59 Å². The summed E-state index contributed by atoms with van der Waals surface area (Å²) in [5.41, 5.74) is 1.71. The Balaban J connectivity index is 1.98. The Morgan fingerprint density at radius 2 is 1.75 bits per heavy atom. The number of hydrogen-bond acceptors (Lipinski definition) is 5. The quantitative estimate of drug-likeness (QED) is 0.627. The Bertz CT molecular complexity index is 977. The Kier molecular flexibility index (Phi) is 5.17. The molecule has 0 bridgehead atoms. The van der Waals surface area contributed by atoms with Crippen molar-refractivity contribution >= 4 is 29.6 Å². The predicted molar refractivity (Wildman–Crippen MR) is 104 cm³/mol. The molecule has 1 aliphatic rings. The third-order valence-electron chi connectivity index (χ3n) is 4.43. The second-order valence-corrected chi connectivity index (χ2v) is 6.64. The molecule has 1 fully saturated rings. The van der Waals surface area contributed by atoms with Gasteiger partial charge in [0.05, 0.1) is 12.8 Å². The molecule has 0 radical (unpaired) electrons. The third-order valence-corrected chi connectivity index (χ3v) is 4.43. The SMILES string of the molecule is COc1cc(/C=C2/C(=O)NC(=O)N(c3ccc(C(C)C)cc3)C2=O)ccc1O. The third kappa shape index (κ3) is 3.59. The predicted octanol–water partition coefficient (Wildman–Crippen LogP) is 3.19. The van der Waals surface area contributed by atoms with Gasteiger partial charge in [0.2, 0.25) is 0 Å². The summed E-state index contributed by atoms with van der Waals surface area (Å²) in [5.74, 6) is -1.06. The zero-order chi connectivity index (χ0) is 20.4. The fourth-order valence-electron chi connectivity index (χ4n) is 2.85. The summed E-state index contributed by atoms with van der Waals surface area (Å²) in [6.45, 7) is 4.08. The number of hydrogen-bond donors (Lipinski definition) is 2. The molecule has 28 heavy (non-hydrogen) atoms. The van der Waals surface area contributed by atoms with Crippen LogP contribution in [0.4, 0.5) is 10.5 Å². The Labute approximate surface area is 162 Å². The number of phenolic OH excluding ortho intramolecular Hbond substituents is 1. The summed E-state index contributed by atoms with van der Waals surface area (Å²) in [5, 5.41) is 11.9. The molecule has 0 aromatic heterocycles. The molecule has 0 unspecified atom stereocenters. The van der Waals surface area contributed by atoms with Gasteiger partial charge in [0.1, 0.15) is 5.57 Å². The number of aromatic hydroxyl groups is 1. The fraction of sp³-hybridized carbons (Fsp3) is 0.190. The smallest absolute Gasteiger partial charge is 0.335 e. The topological polar surface area (TPSA) is 95.9 Å². The summed E-state index contributed by atoms with van der Waals surface area (Å²) in [6, 6.07) is 10.6. The Morgan fingerprint density at radius 1 is 1.07 bits per heavy atom. The number of methoxy groups -OCH3 is 1. The highest BCUT2D eigenvalue weighted by molar-refractivity contribution is 6.39. The number of amides is 4. The van der Waals surface area contributed by atoms with Gasteiger partial charge in [-0.2, -0.15) is 0 Å². The number of nitrogens with one attached hydrogen (secondary N) is 1. The molecule has 0 aliphatic carbocycles. The number of carbonyl (C=O) groups excluding carboxylic acids is 3. The van der Waals surface area contributed by atoms with E-state index in [1.54, 1.807) is 12.1 Å². The number of anilines is 1. The highest BCUT2D eigenvalue weighted by Crippen LogP contribution is 2.28. The minimum Gasteiger partial charge on any atom is -0.504 e. The van der Waals surface area contributed by atoms with Gasteiger partial charge < -0.3 is 9.84 Å². The number of carbonyl (C=O) groups is 3. The molecule has 0 atom stereocenters. The van der Waals surface area contributed by atoms with Gasteiger partial charge in [0.25, 0.3) is 11.8 Å². The van der Waals surface area contributed by atoms with Crippen molar-refractivity contribution in [1.29, 1.82) is 0 Å². The first kappa shape index (κ1) is 19.2. The zero-order valence-corrected chi connectivity index (χ0v) is 15.7. The average molecular weight is 380 g/mol. The largest absolute Gasteiger partial charge is 0.504 e. The first-order valence-electron chi connectivity index (χ1n) is 8.70. The lowest BCUT2D eigenvalue weighted by Crippen LogP contribution is -2.54. The van der Waals surface area contributed by atoms with E-state index in [0.717, 1.165) is 10.5 Å². The lowest BCUT2D eigenvalue weighted by molar-refractivity contribution is -0.122. The summed E-state index contributed by atoms with van der Waals surface area (Å²) >= 11 is 0. The molecular weight excluding hydrogens is 360 g/mol. The maximum absolute atomic E-state index is 12.9. The van der Waals surface area contributed by atoms with E-state index in [0.29, 0.717) is 17.2 Å². The van der Waals surface area contributed by atoms with Gasteiger partial charge in [-0.05, 0) is 47.4 Å². The van der Waals surface area contributed by atoms with Crippen LogP contribution in [0.5, 0.6) is 11.5 Å². The maximum atomic E-state index is 12.9. The number of phenols is 1. The van der Waals surface area contributed by atoms with Crippen LogP contribution in [0.25, 0.3) is 6.08 Å². The molecule has 2 N–H and O–H groups in total. The van der Waals surface area contributed by atoms with Crippen LogP contribution in [0.1, 0.15) is 30.9 Å². The van der Waals surface area contributed by atoms with Crippen molar-refractivity contribution in [3.05, 3.63) is 59.2 Å². The van der Waals surface area contributed by atoms with Crippen molar-refractivity contribution in [3.8, 4) is 11.5 Å². The zero-order valence-electron chi connectivity index (χ0n) is 15.7. The molecular formula is C21H20N2O5. The Morgan fingerprint density at radius 3 is 2.36 bits per heavy atom. The van der Waals surface area contributed by atoms with E-state index in [1.807, 2.05) is 26.0 Å². The van der Waals surface area contributed by atoms with Crippen molar-refractivity contribution in [2.75, 3.05) is 12.0 Å². The summed E-state index contributed by atoms with van der Waals surface area (Å²) in [6.07, 6.45) is 1.35. The minimum absolute atomic E-state index is 0.0638. The lowest BCUT2D eigenvalue weighted by Gasteiger charge is -2.26. The van der Waals surface area contributed by atoms with Crippen molar-refractivity contribution in [3.63, 3.8) is 0 Å². The molecule has 2 aromatic carbocycles. The first-order valence-corrected chi connectivity index (χ1v) is 8.70. The molecule has 2 aromatic rings. The molecule has 3 rings (SSSR count). The number of imide groups is 2. The van der Waals surface area contributed by atoms with E-state index in [4.69, 9.17) is 4.74 Å². The normalized spacial score (nSPS) is 15.9. The van der Waals surface area contributed by atoms with Crippen molar-refractivity contribution < 1.29 is 24.2 Å². The van der Waals surface area contributed by atoms with Crippen molar-refractivity contribution in [2.45, 2.75) is 19.8 Å². The van der Waals surface area contributed by atoms with E-state index in [-0.39, 0.29) is 17.1 Å². The minimum atomic E-state index is -0.798.